The lowest BCUT2D eigenvalue weighted by atomic mass is 10.1. The normalized spacial score (nSPS) is 26.9. The fraction of sp³-hybridized carbons (Fsp3) is 0.889. The fourth-order valence-electron chi connectivity index (χ4n) is 0.970. The summed E-state index contributed by atoms with van der Waals surface area (Å²) in [5.41, 5.74) is 0. The predicted octanol–water partition coefficient (Wildman–Crippen LogP) is 2.27. The highest BCUT2D eigenvalue weighted by molar-refractivity contribution is 7.99. The second kappa shape index (κ2) is 4.71. The number of thioether (sulfide) groups is 1. The predicted molar refractivity (Wildman–Crippen MR) is 61.8 cm³/mol. The minimum atomic E-state index is -1.07. The van der Waals surface area contributed by atoms with Gasteiger partial charge in [-0.3, -0.25) is 0 Å². The molecule has 2 atom stereocenters. The van der Waals surface area contributed by atoms with Crippen LogP contribution in [0.3, 0.4) is 0 Å². The molecule has 0 aromatic carbocycles. The Morgan fingerprint density at radius 3 is 2.69 bits per heavy atom. The summed E-state index contributed by atoms with van der Waals surface area (Å²) in [4.78, 5) is 0. The molecule has 1 saturated heterocycles. The molecule has 0 aromatic rings. The molecule has 1 aliphatic heterocycles. The van der Waals surface area contributed by atoms with Crippen molar-refractivity contribution in [2.24, 2.45) is 10.3 Å². The van der Waals surface area contributed by atoms with Crippen LogP contribution in [0.5, 0.6) is 0 Å². The lowest BCUT2D eigenvalue weighted by Crippen LogP contribution is -2.26. The lowest BCUT2D eigenvalue weighted by Gasteiger charge is -2.18. The summed E-state index contributed by atoms with van der Waals surface area (Å²) in [5.74, 6) is 2.92. The van der Waals surface area contributed by atoms with Gasteiger partial charge in [-0.1, -0.05) is 4.40 Å². The average Bonchev–Trinajstić information content (AvgIpc) is 2.50. The molecular formula is C9H17NOS2. The van der Waals surface area contributed by atoms with Gasteiger partial charge in [0.05, 0.1) is 6.21 Å². The van der Waals surface area contributed by atoms with E-state index in [2.05, 4.69) is 4.40 Å². The Kier molecular flexibility index (Phi) is 4.13. The third kappa shape index (κ3) is 3.92. The van der Waals surface area contributed by atoms with Gasteiger partial charge in [-0.2, -0.15) is 11.8 Å². The van der Waals surface area contributed by atoms with Gasteiger partial charge in [0.2, 0.25) is 0 Å². The summed E-state index contributed by atoms with van der Waals surface area (Å²) in [6.45, 7) is 5.84. The molecule has 0 bridgehead atoms. The molecule has 1 fully saturated rings. The van der Waals surface area contributed by atoms with E-state index in [4.69, 9.17) is 0 Å². The topological polar surface area (TPSA) is 35.4 Å². The molecule has 1 unspecified atom stereocenters. The van der Waals surface area contributed by atoms with Crippen molar-refractivity contribution in [3.05, 3.63) is 0 Å². The highest BCUT2D eigenvalue weighted by Crippen LogP contribution is 2.23. The summed E-state index contributed by atoms with van der Waals surface area (Å²) < 4.78 is 15.4. The molecule has 0 saturated carbocycles. The van der Waals surface area contributed by atoms with Crippen LogP contribution in [0, 0.1) is 5.92 Å². The molecule has 0 N–H and O–H groups in total. The second-order valence-corrected chi connectivity index (χ2v) is 7.32. The van der Waals surface area contributed by atoms with Gasteiger partial charge >= 0.3 is 0 Å². The van der Waals surface area contributed by atoms with Crippen LogP contribution >= 0.6 is 11.8 Å². The average molecular weight is 219 g/mol. The highest BCUT2D eigenvalue weighted by atomic mass is 32.2. The Labute approximate surface area is 87.9 Å². The van der Waals surface area contributed by atoms with Crippen LogP contribution in [0.15, 0.2) is 4.40 Å². The zero-order chi connectivity index (χ0) is 9.90. The maximum atomic E-state index is 11.5. The molecule has 0 amide bonds. The van der Waals surface area contributed by atoms with Gasteiger partial charge in [-0.25, -0.2) is 0 Å². The quantitative estimate of drug-likeness (QED) is 0.527. The number of hydrogen-bond donors (Lipinski definition) is 0. The van der Waals surface area contributed by atoms with Gasteiger partial charge in [0.1, 0.15) is 16.1 Å². The molecule has 0 aromatic heterocycles. The Hall–Kier alpha value is 0.330. The van der Waals surface area contributed by atoms with Crippen molar-refractivity contribution in [3.8, 4) is 0 Å². The fourth-order valence-corrected chi connectivity index (χ4v) is 2.76. The largest absolute Gasteiger partial charge is 0.591 e. The van der Waals surface area contributed by atoms with E-state index in [1.807, 2.05) is 38.7 Å². The Bertz CT molecular complexity index is 183. The van der Waals surface area contributed by atoms with Crippen LogP contribution in [0.1, 0.15) is 27.2 Å². The molecule has 0 aliphatic carbocycles. The summed E-state index contributed by atoms with van der Waals surface area (Å²) >= 11 is 0.878. The second-order valence-electron chi connectivity index (χ2n) is 4.24. The third-order valence-corrected chi connectivity index (χ3v) is 4.41. The van der Waals surface area contributed by atoms with Crippen molar-refractivity contribution in [1.82, 2.24) is 0 Å². The summed E-state index contributed by atoms with van der Waals surface area (Å²) in [7, 11) is 0. The third-order valence-electron chi connectivity index (χ3n) is 1.86. The van der Waals surface area contributed by atoms with Gasteiger partial charge in [0.25, 0.3) is 0 Å². The SMILES string of the molecule is CC(C)(C)[S@@+]([O-])/N=C/C1CCSC1. The molecule has 76 valence electrons. The molecule has 0 spiro atoms. The van der Waals surface area contributed by atoms with Gasteiger partial charge in [-0.15, -0.1) is 0 Å². The molecular weight excluding hydrogens is 202 g/mol. The Balaban J connectivity index is 2.38. The highest BCUT2D eigenvalue weighted by Gasteiger charge is 2.26. The Morgan fingerprint density at radius 2 is 2.23 bits per heavy atom. The maximum absolute atomic E-state index is 11.5. The van der Waals surface area contributed by atoms with Crippen molar-refractivity contribution in [2.45, 2.75) is 31.9 Å². The first-order valence-electron chi connectivity index (χ1n) is 4.54. The van der Waals surface area contributed by atoms with Crippen LogP contribution in [-0.4, -0.2) is 27.0 Å². The van der Waals surface area contributed by atoms with Gasteiger partial charge < -0.3 is 4.55 Å². The molecule has 2 nitrogen and oxygen atoms in total. The number of hydrogen-bond acceptors (Lipinski definition) is 3. The van der Waals surface area contributed by atoms with Crippen LogP contribution in [0.25, 0.3) is 0 Å². The van der Waals surface area contributed by atoms with E-state index in [0.29, 0.717) is 5.92 Å². The van der Waals surface area contributed by atoms with E-state index in [9.17, 15) is 4.55 Å². The van der Waals surface area contributed by atoms with Gasteiger partial charge in [0, 0.05) is 11.7 Å². The number of rotatable bonds is 2. The standard InChI is InChI=1S/C9H17NOS2/c1-9(2,3)13(11)10-6-8-4-5-12-7-8/h6,8H,4-5,7H2,1-3H3/b10-6+/t8?,13-/m1/s1. The van der Waals surface area contributed by atoms with Crippen molar-refractivity contribution >= 4 is 29.3 Å². The van der Waals surface area contributed by atoms with E-state index < -0.39 is 11.4 Å². The smallest absolute Gasteiger partial charge is 0.144 e. The Morgan fingerprint density at radius 1 is 1.54 bits per heavy atom. The van der Waals surface area contributed by atoms with Crippen molar-refractivity contribution in [2.75, 3.05) is 11.5 Å². The van der Waals surface area contributed by atoms with E-state index in [1.54, 1.807) is 0 Å². The molecule has 0 radical (unpaired) electrons. The molecule has 13 heavy (non-hydrogen) atoms. The summed E-state index contributed by atoms with van der Waals surface area (Å²) in [6, 6.07) is 0. The van der Waals surface area contributed by atoms with Crippen LogP contribution in [0.2, 0.25) is 0 Å². The first kappa shape index (κ1) is 11.4. The molecule has 4 heteroatoms. The van der Waals surface area contributed by atoms with Crippen LogP contribution < -0.4 is 0 Å². The van der Waals surface area contributed by atoms with Crippen LogP contribution in [-0.2, 0) is 11.4 Å². The van der Waals surface area contributed by atoms with E-state index in [-0.39, 0.29) is 4.75 Å². The number of nitrogens with zero attached hydrogens (tertiary/aromatic N) is 1. The van der Waals surface area contributed by atoms with Gasteiger partial charge in [-0.05, 0) is 32.9 Å². The van der Waals surface area contributed by atoms with Crippen molar-refractivity contribution in [3.63, 3.8) is 0 Å². The molecule has 1 heterocycles. The molecule has 1 aliphatic rings. The zero-order valence-corrected chi connectivity index (χ0v) is 10.1. The van der Waals surface area contributed by atoms with E-state index in [1.165, 1.54) is 12.2 Å². The van der Waals surface area contributed by atoms with Crippen molar-refractivity contribution in [1.29, 1.82) is 0 Å². The maximum Gasteiger partial charge on any atom is 0.144 e. The first-order chi connectivity index (χ1) is 6.00. The van der Waals surface area contributed by atoms with Crippen molar-refractivity contribution < 1.29 is 4.55 Å². The zero-order valence-electron chi connectivity index (χ0n) is 8.45. The van der Waals surface area contributed by atoms with Gasteiger partial charge in [0.15, 0.2) is 0 Å². The minimum Gasteiger partial charge on any atom is -0.591 e. The first-order valence-corrected chi connectivity index (χ1v) is 6.80. The monoisotopic (exact) mass is 219 g/mol. The summed E-state index contributed by atoms with van der Waals surface area (Å²) in [5, 5.41) is 0. The lowest BCUT2D eigenvalue weighted by molar-refractivity contribution is 0.561. The van der Waals surface area contributed by atoms with E-state index >= 15 is 0 Å². The minimum absolute atomic E-state index is 0.220. The summed E-state index contributed by atoms with van der Waals surface area (Å²) in [6.07, 6.45) is 3.08. The van der Waals surface area contributed by atoms with Crippen LogP contribution in [0.4, 0.5) is 0 Å². The van der Waals surface area contributed by atoms with E-state index in [0.717, 1.165) is 5.75 Å². The molecule has 1 rings (SSSR count).